The van der Waals surface area contributed by atoms with Crippen LogP contribution in [0.25, 0.3) is 0 Å². The normalized spacial score (nSPS) is 15.8. The molecule has 0 aliphatic carbocycles. The minimum absolute atomic E-state index is 0.0364. The Kier molecular flexibility index (Phi) is 7.50. The Hall–Kier alpha value is -2.13. The molecule has 0 N–H and O–H groups in total. The van der Waals surface area contributed by atoms with Crippen molar-refractivity contribution in [2.24, 2.45) is 0 Å². The minimum Gasteiger partial charge on any atom is -0.489 e. The van der Waals surface area contributed by atoms with E-state index in [4.69, 9.17) is 27.9 Å². The molecule has 1 unspecified atom stereocenters. The molecule has 1 amide bonds. The second-order valence-corrected chi connectivity index (χ2v) is 8.51. The summed E-state index contributed by atoms with van der Waals surface area (Å²) in [5.74, 6) is 0.307. The van der Waals surface area contributed by atoms with Crippen molar-refractivity contribution in [3.63, 3.8) is 0 Å². The van der Waals surface area contributed by atoms with Gasteiger partial charge < -0.3 is 14.5 Å². The average molecular weight is 493 g/mol. The molecule has 1 aromatic heterocycles. The van der Waals surface area contributed by atoms with Gasteiger partial charge in [-0.25, -0.2) is 0 Å². The Bertz CT molecular complexity index is 973. The first-order chi connectivity index (χ1) is 15.0. The predicted molar refractivity (Wildman–Crippen MR) is 118 cm³/mol. The topological polar surface area (TPSA) is 50.6 Å². The lowest BCUT2D eigenvalue weighted by molar-refractivity contribution is -0.142. The van der Waals surface area contributed by atoms with Crippen LogP contribution in [-0.2, 0) is 17.5 Å². The molecule has 1 fully saturated rings. The molecular weight excluding hydrogens is 468 g/mol. The van der Waals surface area contributed by atoms with E-state index < -0.39 is 16.9 Å². The fourth-order valence-electron chi connectivity index (χ4n) is 3.38. The maximum atomic E-state index is 13.0. The predicted octanol–water partition coefficient (Wildman–Crippen LogP) is 5.04. The number of hydrogen-bond acceptors (Lipinski definition) is 4. The number of hydrogen-bond donors (Lipinski definition) is 0. The molecule has 1 aliphatic rings. The number of halogens is 5. The van der Waals surface area contributed by atoms with Crippen LogP contribution in [0.3, 0.4) is 0 Å². The van der Waals surface area contributed by atoms with Crippen LogP contribution >= 0.6 is 23.2 Å². The van der Waals surface area contributed by atoms with Gasteiger partial charge in [0.2, 0.25) is 5.91 Å². The zero-order valence-corrected chi connectivity index (χ0v) is 19.6. The zero-order valence-electron chi connectivity index (χ0n) is 18.0. The summed E-state index contributed by atoms with van der Waals surface area (Å²) in [6, 6.07) is 5.57. The van der Waals surface area contributed by atoms with Gasteiger partial charge in [0.25, 0.3) is 0 Å². The van der Waals surface area contributed by atoms with Crippen LogP contribution in [0.4, 0.5) is 18.9 Å². The number of carbonyl (C=O) groups is 1. The summed E-state index contributed by atoms with van der Waals surface area (Å²) in [6.45, 7) is 7.13. The average Bonchev–Trinajstić information content (AvgIpc) is 3.04. The van der Waals surface area contributed by atoms with Crippen LogP contribution in [0.2, 0.25) is 10.0 Å². The van der Waals surface area contributed by atoms with Crippen LogP contribution in [0, 0.1) is 6.92 Å². The molecule has 0 bridgehead atoms. The van der Waals surface area contributed by atoms with E-state index in [1.54, 1.807) is 11.0 Å². The Balaban J connectivity index is 1.63. The van der Waals surface area contributed by atoms with Crippen molar-refractivity contribution in [3.8, 4) is 5.75 Å². The van der Waals surface area contributed by atoms with Crippen molar-refractivity contribution in [3.05, 3.63) is 39.6 Å². The molecule has 3 rings (SSSR count). The van der Waals surface area contributed by atoms with Crippen molar-refractivity contribution in [1.82, 2.24) is 14.7 Å². The third kappa shape index (κ3) is 5.43. The monoisotopic (exact) mass is 492 g/mol. The lowest BCUT2D eigenvalue weighted by Gasteiger charge is -2.36. The number of carbonyl (C=O) groups excluding carboxylic acids is 1. The second-order valence-electron chi connectivity index (χ2n) is 7.72. The lowest BCUT2D eigenvalue weighted by Crippen LogP contribution is -2.49. The molecule has 0 radical (unpaired) electrons. The Morgan fingerprint density at radius 1 is 1.22 bits per heavy atom. The molecule has 1 atom stereocenters. The SMILES string of the molecule is CCC(C)Oc1cc(N2CCN(C(=O)Cn3nc(C(F)(F)F)c(Cl)c3C)CC2)ccc1Cl. The summed E-state index contributed by atoms with van der Waals surface area (Å²) >= 11 is 12.0. The molecule has 2 heterocycles. The summed E-state index contributed by atoms with van der Waals surface area (Å²) < 4.78 is 45.9. The molecule has 1 saturated heterocycles. The number of aromatic nitrogens is 2. The molecule has 6 nitrogen and oxygen atoms in total. The van der Waals surface area contributed by atoms with Gasteiger partial charge in [0, 0.05) is 37.9 Å². The van der Waals surface area contributed by atoms with E-state index in [0.29, 0.717) is 37.0 Å². The van der Waals surface area contributed by atoms with E-state index in [-0.39, 0.29) is 24.2 Å². The number of ether oxygens (including phenoxy) is 1. The first kappa shape index (κ1) is 24.5. The number of benzene rings is 1. The van der Waals surface area contributed by atoms with Gasteiger partial charge in [0.05, 0.1) is 21.8 Å². The molecule has 32 heavy (non-hydrogen) atoms. The Labute approximate surface area is 194 Å². The maximum absolute atomic E-state index is 13.0. The van der Waals surface area contributed by atoms with E-state index >= 15 is 0 Å². The Morgan fingerprint density at radius 2 is 1.88 bits per heavy atom. The van der Waals surface area contributed by atoms with Gasteiger partial charge in [-0.15, -0.1) is 0 Å². The highest BCUT2D eigenvalue weighted by Crippen LogP contribution is 2.35. The van der Waals surface area contributed by atoms with Gasteiger partial charge in [-0.05, 0) is 32.4 Å². The van der Waals surface area contributed by atoms with Gasteiger partial charge in [-0.2, -0.15) is 18.3 Å². The number of alkyl halides is 3. The third-order valence-electron chi connectivity index (χ3n) is 5.50. The largest absolute Gasteiger partial charge is 0.489 e. The van der Waals surface area contributed by atoms with E-state index in [9.17, 15) is 18.0 Å². The van der Waals surface area contributed by atoms with Gasteiger partial charge in [-0.1, -0.05) is 30.1 Å². The summed E-state index contributed by atoms with van der Waals surface area (Å²) in [6.07, 6.45) is -3.78. The van der Waals surface area contributed by atoms with Crippen LogP contribution in [0.5, 0.6) is 5.75 Å². The van der Waals surface area contributed by atoms with Crippen LogP contribution in [0.1, 0.15) is 31.7 Å². The fraction of sp³-hybridized carbons (Fsp3) is 0.524. The molecular formula is C21H25Cl2F3N4O2. The number of rotatable bonds is 6. The van der Waals surface area contributed by atoms with Crippen LogP contribution in [0.15, 0.2) is 18.2 Å². The van der Waals surface area contributed by atoms with E-state index in [1.165, 1.54) is 6.92 Å². The lowest BCUT2D eigenvalue weighted by atomic mass is 10.2. The standard InChI is InChI=1S/C21H25Cl2F3N4O2/c1-4-13(2)32-17-11-15(5-6-16(17)22)28-7-9-29(10-8-28)18(31)12-30-14(3)19(23)20(27-30)21(24,25)26/h5-6,11,13H,4,7-10,12H2,1-3H3. The van der Waals surface area contributed by atoms with Crippen LogP contribution < -0.4 is 9.64 Å². The van der Waals surface area contributed by atoms with Crippen molar-refractivity contribution in [2.75, 3.05) is 31.1 Å². The van der Waals surface area contributed by atoms with Gasteiger partial charge in [-0.3, -0.25) is 9.48 Å². The number of piperazine rings is 1. The summed E-state index contributed by atoms with van der Waals surface area (Å²) in [4.78, 5) is 16.4. The summed E-state index contributed by atoms with van der Waals surface area (Å²) in [5, 5.41) is 3.56. The molecule has 176 valence electrons. The highest BCUT2D eigenvalue weighted by atomic mass is 35.5. The van der Waals surface area contributed by atoms with Crippen molar-refractivity contribution >= 4 is 34.8 Å². The number of anilines is 1. The van der Waals surface area contributed by atoms with E-state index in [1.807, 2.05) is 26.0 Å². The Morgan fingerprint density at radius 3 is 2.44 bits per heavy atom. The van der Waals surface area contributed by atoms with Crippen molar-refractivity contribution < 1.29 is 22.7 Å². The molecule has 1 aliphatic heterocycles. The first-order valence-corrected chi connectivity index (χ1v) is 11.1. The number of nitrogens with zero attached hydrogens (tertiary/aromatic N) is 4. The molecule has 0 spiro atoms. The molecule has 11 heteroatoms. The molecule has 2 aromatic rings. The summed E-state index contributed by atoms with van der Waals surface area (Å²) in [5.41, 5.74) is -0.127. The minimum atomic E-state index is -4.67. The van der Waals surface area contributed by atoms with Gasteiger partial charge in [0.1, 0.15) is 12.3 Å². The number of amides is 1. The van der Waals surface area contributed by atoms with E-state index in [0.717, 1.165) is 16.8 Å². The first-order valence-electron chi connectivity index (χ1n) is 10.3. The fourth-order valence-corrected chi connectivity index (χ4v) is 3.79. The zero-order chi connectivity index (χ0) is 23.6. The van der Waals surface area contributed by atoms with E-state index in [2.05, 4.69) is 10.00 Å². The van der Waals surface area contributed by atoms with Gasteiger partial charge >= 0.3 is 6.18 Å². The highest BCUT2D eigenvalue weighted by Gasteiger charge is 2.38. The smallest absolute Gasteiger partial charge is 0.436 e. The van der Waals surface area contributed by atoms with Crippen molar-refractivity contribution in [2.45, 2.75) is 46.0 Å². The van der Waals surface area contributed by atoms with Crippen molar-refractivity contribution in [1.29, 1.82) is 0 Å². The third-order valence-corrected chi connectivity index (χ3v) is 6.27. The molecule has 1 aromatic carbocycles. The highest BCUT2D eigenvalue weighted by molar-refractivity contribution is 6.32. The quantitative estimate of drug-likeness (QED) is 0.566. The van der Waals surface area contributed by atoms with Crippen LogP contribution in [-0.4, -0.2) is 52.9 Å². The summed E-state index contributed by atoms with van der Waals surface area (Å²) in [7, 11) is 0. The second kappa shape index (κ2) is 9.79. The maximum Gasteiger partial charge on any atom is 0.436 e. The van der Waals surface area contributed by atoms with Gasteiger partial charge in [0.15, 0.2) is 5.69 Å². The molecule has 0 saturated carbocycles.